The summed E-state index contributed by atoms with van der Waals surface area (Å²) in [5.74, 6) is 0.0142. The van der Waals surface area contributed by atoms with Gasteiger partial charge in [-0.15, -0.1) is 0 Å². The van der Waals surface area contributed by atoms with Gasteiger partial charge in [0, 0.05) is 12.1 Å². The van der Waals surface area contributed by atoms with Crippen LogP contribution in [0, 0.1) is 6.92 Å². The Kier molecular flexibility index (Phi) is 7.11. The zero-order chi connectivity index (χ0) is 26.0. The zero-order valence-corrected chi connectivity index (χ0v) is 22.1. The molecule has 5 rings (SSSR count). The maximum Gasteiger partial charge on any atom is 0.252 e. The highest BCUT2D eigenvalue weighted by Gasteiger charge is 2.32. The molecule has 0 spiro atoms. The van der Waals surface area contributed by atoms with Gasteiger partial charge >= 0.3 is 0 Å². The number of hydrogen-bond acceptors (Lipinski definition) is 5. The van der Waals surface area contributed by atoms with Gasteiger partial charge in [-0.2, -0.15) is 5.10 Å². The van der Waals surface area contributed by atoms with E-state index in [4.69, 9.17) is 4.98 Å². The molecule has 0 saturated carbocycles. The Balaban J connectivity index is 1.49. The first-order valence-corrected chi connectivity index (χ1v) is 14.7. The third-order valence-electron chi connectivity index (χ3n) is 7.06. The van der Waals surface area contributed by atoms with Gasteiger partial charge in [-0.3, -0.25) is 4.79 Å². The number of nitrogens with one attached hydrogen (secondary N) is 1. The van der Waals surface area contributed by atoms with Crippen molar-refractivity contribution in [2.24, 2.45) is 0 Å². The molecule has 1 unspecified atom stereocenters. The predicted molar refractivity (Wildman–Crippen MR) is 146 cm³/mol. The molecule has 0 aliphatic carbocycles. The molecule has 4 aromatic rings. The van der Waals surface area contributed by atoms with E-state index in [9.17, 15) is 13.2 Å². The summed E-state index contributed by atoms with van der Waals surface area (Å²) in [4.78, 5) is 18.4. The highest BCUT2D eigenvalue weighted by atomic mass is 32.2. The predicted octanol–water partition coefficient (Wildman–Crippen LogP) is 4.69. The molecule has 192 valence electrons. The molecule has 37 heavy (non-hydrogen) atoms. The van der Waals surface area contributed by atoms with E-state index in [0.717, 1.165) is 24.8 Å². The number of hydrogen-bond donors (Lipinski definition) is 1. The third kappa shape index (κ3) is 5.44. The van der Waals surface area contributed by atoms with Crippen molar-refractivity contribution in [2.45, 2.75) is 45.6 Å². The molecule has 1 amide bonds. The summed E-state index contributed by atoms with van der Waals surface area (Å²) >= 11 is 0. The maximum absolute atomic E-state index is 13.5. The molecule has 1 aliphatic rings. The summed E-state index contributed by atoms with van der Waals surface area (Å²) < 4.78 is 26.1. The Hall–Kier alpha value is -3.52. The van der Waals surface area contributed by atoms with Crippen molar-refractivity contribution in [2.75, 3.05) is 18.1 Å². The summed E-state index contributed by atoms with van der Waals surface area (Å²) in [6, 6.07) is 19.9. The van der Waals surface area contributed by atoms with E-state index < -0.39 is 9.84 Å². The highest BCUT2D eigenvalue weighted by molar-refractivity contribution is 7.91. The molecule has 3 heterocycles. The number of benzene rings is 2. The van der Waals surface area contributed by atoms with Crippen LogP contribution in [0.2, 0.25) is 0 Å². The minimum Gasteiger partial charge on any atom is -0.352 e. The normalized spacial score (nSPS) is 16.8. The van der Waals surface area contributed by atoms with Crippen LogP contribution in [-0.4, -0.2) is 47.1 Å². The minimum atomic E-state index is -3.11. The van der Waals surface area contributed by atoms with Gasteiger partial charge in [0.05, 0.1) is 39.9 Å². The second-order valence-electron chi connectivity index (χ2n) is 9.74. The summed E-state index contributed by atoms with van der Waals surface area (Å²) in [6.07, 6.45) is 3.14. The zero-order valence-electron chi connectivity index (χ0n) is 21.3. The van der Waals surface area contributed by atoms with E-state index in [0.29, 0.717) is 41.0 Å². The number of fused-ring (bicyclic) bond motifs is 1. The van der Waals surface area contributed by atoms with Gasteiger partial charge < -0.3 is 5.32 Å². The highest BCUT2D eigenvalue weighted by Crippen LogP contribution is 2.32. The van der Waals surface area contributed by atoms with E-state index in [2.05, 4.69) is 41.6 Å². The molecule has 0 radical (unpaired) electrons. The fraction of sp³-hybridized carbons (Fsp3) is 0.345. The number of carbonyl (C=O) groups is 1. The number of aromatic nitrogens is 3. The monoisotopic (exact) mass is 516 g/mol. The summed E-state index contributed by atoms with van der Waals surface area (Å²) in [7, 11) is -3.11. The number of rotatable bonds is 8. The van der Waals surface area contributed by atoms with E-state index >= 15 is 0 Å². The largest absolute Gasteiger partial charge is 0.352 e. The van der Waals surface area contributed by atoms with Crippen molar-refractivity contribution in [3.05, 3.63) is 83.0 Å². The Bertz CT molecular complexity index is 1530. The van der Waals surface area contributed by atoms with Crippen molar-refractivity contribution in [1.82, 2.24) is 20.1 Å². The standard InChI is InChI=1S/C29H32N4O3S/c1-3-21-11-13-23(14-12-21)26-18-25(29(34)30-16-7-10-22-8-5-4-6-9-22)27-20(2)32-33(28(27)31-26)24-15-17-37(35,36)19-24/h4-6,8-9,11-14,18,24H,3,7,10,15-17,19H2,1-2H3,(H,30,34). The van der Waals surface area contributed by atoms with Gasteiger partial charge in [0.2, 0.25) is 0 Å². The lowest BCUT2D eigenvalue weighted by Gasteiger charge is -2.13. The Morgan fingerprint density at radius 2 is 1.84 bits per heavy atom. The number of amides is 1. The van der Waals surface area contributed by atoms with Crippen molar-refractivity contribution in [1.29, 1.82) is 0 Å². The summed E-state index contributed by atoms with van der Waals surface area (Å²) in [5, 5.41) is 8.45. The molecule has 2 aromatic carbocycles. The van der Waals surface area contributed by atoms with Crippen molar-refractivity contribution in [3.63, 3.8) is 0 Å². The Morgan fingerprint density at radius 1 is 1.08 bits per heavy atom. The quantitative estimate of drug-likeness (QED) is 0.343. The summed E-state index contributed by atoms with van der Waals surface area (Å²) in [6.45, 7) is 4.51. The van der Waals surface area contributed by atoms with Crippen LogP contribution in [0.15, 0.2) is 60.7 Å². The van der Waals surface area contributed by atoms with E-state index in [-0.39, 0.29) is 23.5 Å². The lowest BCUT2D eigenvalue weighted by molar-refractivity contribution is 0.0954. The summed E-state index contributed by atoms with van der Waals surface area (Å²) in [5.41, 5.74) is 5.79. The lowest BCUT2D eigenvalue weighted by Crippen LogP contribution is -2.25. The fourth-order valence-electron chi connectivity index (χ4n) is 5.01. The lowest BCUT2D eigenvalue weighted by atomic mass is 10.0. The molecule has 2 aromatic heterocycles. The van der Waals surface area contributed by atoms with Crippen LogP contribution in [0.25, 0.3) is 22.3 Å². The van der Waals surface area contributed by atoms with Gasteiger partial charge in [0.25, 0.3) is 5.91 Å². The first kappa shape index (κ1) is 25.1. The fourth-order valence-corrected chi connectivity index (χ4v) is 6.70. The van der Waals surface area contributed by atoms with Crippen LogP contribution >= 0.6 is 0 Å². The van der Waals surface area contributed by atoms with Gasteiger partial charge in [-0.05, 0) is 49.8 Å². The van der Waals surface area contributed by atoms with Crippen molar-refractivity contribution in [3.8, 4) is 11.3 Å². The number of sulfone groups is 1. The molecule has 1 aliphatic heterocycles. The van der Waals surface area contributed by atoms with E-state index in [1.165, 1.54) is 11.1 Å². The van der Waals surface area contributed by atoms with Crippen LogP contribution < -0.4 is 5.32 Å². The van der Waals surface area contributed by atoms with Gasteiger partial charge in [-0.1, -0.05) is 61.5 Å². The van der Waals surface area contributed by atoms with Crippen LogP contribution in [0.3, 0.4) is 0 Å². The van der Waals surface area contributed by atoms with Crippen LogP contribution in [0.1, 0.15) is 53.0 Å². The Morgan fingerprint density at radius 3 is 2.51 bits per heavy atom. The third-order valence-corrected chi connectivity index (χ3v) is 8.81. The first-order chi connectivity index (χ1) is 17.8. The molecule has 7 nitrogen and oxygen atoms in total. The maximum atomic E-state index is 13.5. The minimum absolute atomic E-state index is 0.0430. The molecule has 1 N–H and O–H groups in total. The number of aryl methyl sites for hydroxylation is 3. The number of carbonyl (C=O) groups excluding carboxylic acids is 1. The van der Waals surface area contributed by atoms with Crippen molar-refractivity contribution < 1.29 is 13.2 Å². The molecule has 1 fully saturated rings. The first-order valence-electron chi connectivity index (χ1n) is 12.9. The second kappa shape index (κ2) is 10.5. The molecule has 8 heteroatoms. The Labute approximate surface area is 217 Å². The van der Waals surface area contributed by atoms with E-state index in [1.54, 1.807) is 4.68 Å². The SMILES string of the molecule is CCc1ccc(-c2cc(C(=O)NCCCc3ccccc3)c3c(C)nn(C4CCS(=O)(=O)C4)c3n2)cc1. The van der Waals surface area contributed by atoms with Gasteiger partial charge in [-0.25, -0.2) is 18.1 Å². The second-order valence-corrected chi connectivity index (χ2v) is 12.0. The number of nitrogens with zero attached hydrogens (tertiary/aromatic N) is 3. The molecular weight excluding hydrogens is 484 g/mol. The average Bonchev–Trinajstić information content (AvgIpc) is 3.45. The van der Waals surface area contributed by atoms with Gasteiger partial charge in [0.15, 0.2) is 15.5 Å². The molecule has 1 saturated heterocycles. The average molecular weight is 517 g/mol. The van der Waals surface area contributed by atoms with E-state index in [1.807, 2.05) is 43.3 Å². The molecule has 1 atom stereocenters. The van der Waals surface area contributed by atoms with Crippen molar-refractivity contribution >= 4 is 26.8 Å². The van der Waals surface area contributed by atoms with Crippen LogP contribution in [0.5, 0.6) is 0 Å². The van der Waals surface area contributed by atoms with Gasteiger partial charge in [0.1, 0.15) is 0 Å². The number of pyridine rings is 1. The van der Waals surface area contributed by atoms with Crippen LogP contribution in [-0.2, 0) is 22.7 Å². The topological polar surface area (TPSA) is 94.0 Å². The van der Waals surface area contributed by atoms with Crippen LogP contribution in [0.4, 0.5) is 0 Å². The smallest absolute Gasteiger partial charge is 0.252 e. The molecule has 0 bridgehead atoms. The molecular formula is C29H32N4O3S.